The quantitative estimate of drug-likeness (QED) is 0.826. The van der Waals surface area contributed by atoms with Crippen molar-refractivity contribution in [2.75, 3.05) is 24.3 Å². The van der Waals surface area contributed by atoms with Gasteiger partial charge in [0.2, 0.25) is 0 Å². The minimum Gasteiger partial charge on any atom is -0.388 e. The van der Waals surface area contributed by atoms with E-state index in [1.807, 2.05) is 55.4 Å². The fourth-order valence-electron chi connectivity index (χ4n) is 1.74. The van der Waals surface area contributed by atoms with E-state index >= 15 is 0 Å². The molecule has 2 aromatic carbocycles. The number of hydrogen-bond donors (Lipinski definition) is 1. The zero-order valence-electron chi connectivity index (χ0n) is 10.4. The first kappa shape index (κ1) is 12.1. The molecule has 0 bridgehead atoms. The van der Waals surface area contributed by atoms with Crippen LogP contribution in [0.4, 0.5) is 22.7 Å². The third-order valence-corrected chi connectivity index (χ3v) is 2.89. The van der Waals surface area contributed by atoms with Crippen LogP contribution in [0.25, 0.3) is 0 Å². The third kappa shape index (κ3) is 2.48. The van der Waals surface area contributed by atoms with Crippen LogP contribution >= 0.6 is 0 Å². The Morgan fingerprint density at radius 3 is 1.89 bits per heavy atom. The van der Waals surface area contributed by atoms with Gasteiger partial charge in [-0.3, -0.25) is 0 Å². The Balaban J connectivity index is 2.22. The molecule has 0 saturated carbocycles. The second-order valence-corrected chi connectivity index (χ2v) is 3.96. The highest BCUT2D eigenvalue weighted by molar-refractivity contribution is 5.66. The molecule has 0 atom stereocenters. The van der Waals surface area contributed by atoms with E-state index in [0.29, 0.717) is 5.69 Å². The first-order valence-electron chi connectivity index (χ1n) is 5.69. The molecule has 4 nitrogen and oxygen atoms in total. The number of anilines is 3. The number of rotatable bonds is 4. The lowest BCUT2D eigenvalue weighted by molar-refractivity contribution is 1.21. The summed E-state index contributed by atoms with van der Waals surface area (Å²) in [5.41, 5.74) is 3.62. The van der Waals surface area contributed by atoms with Crippen molar-refractivity contribution in [3.8, 4) is 0 Å². The molecular formula is C14H15N3O. The summed E-state index contributed by atoms with van der Waals surface area (Å²) in [6.45, 7) is 0. The minimum absolute atomic E-state index is 0.442. The summed E-state index contributed by atoms with van der Waals surface area (Å²) in [6, 6.07) is 15.3. The molecule has 0 spiro atoms. The fourth-order valence-corrected chi connectivity index (χ4v) is 1.74. The molecule has 0 amide bonds. The molecule has 0 fully saturated rings. The summed E-state index contributed by atoms with van der Waals surface area (Å²) >= 11 is 0. The maximum Gasteiger partial charge on any atom is 0.108 e. The highest BCUT2D eigenvalue weighted by Gasteiger charge is 2.03. The lowest BCUT2D eigenvalue weighted by atomic mass is 10.2. The summed E-state index contributed by atoms with van der Waals surface area (Å²) in [7, 11) is 3.88. The lowest BCUT2D eigenvalue weighted by Crippen LogP contribution is -2.08. The average Bonchev–Trinajstić information content (AvgIpc) is 2.47. The zero-order valence-corrected chi connectivity index (χ0v) is 10.4. The average molecular weight is 241 g/mol. The third-order valence-electron chi connectivity index (χ3n) is 2.89. The van der Waals surface area contributed by atoms with Gasteiger partial charge < -0.3 is 10.2 Å². The van der Waals surface area contributed by atoms with Crippen molar-refractivity contribution in [2.45, 2.75) is 0 Å². The number of hydrogen-bond acceptors (Lipinski definition) is 4. The van der Waals surface area contributed by atoms with Crippen molar-refractivity contribution >= 4 is 22.7 Å². The summed E-state index contributed by atoms with van der Waals surface area (Å²) in [4.78, 5) is 12.4. The van der Waals surface area contributed by atoms with Crippen LogP contribution in [0.15, 0.2) is 53.7 Å². The SMILES string of the molecule is CNc1ccc(N(C)c2ccc(N=O)cc2)cc1. The maximum absolute atomic E-state index is 10.4. The van der Waals surface area contributed by atoms with E-state index in [2.05, 4.69) is 10.5 Å². The Kier molecular flexibility index (Phi) is 3.57. The van der Waals surface area contributed by atoms with Crippen molar-refractivity contribution in [1.29, 1.82) is 0 Å². The van der Waals surface area contributed by atoms with Crippen molar-refractivity contribution in [3.63, 3.8) is 0 Å². The van der Waals surface area contributed by atoms with Crippen LogP contribution in [0.2, 0.25) is 0 Å². The van der Waals surface area contributed by atoms with E-state index in [1.54, 1.807) is 12.1 Å². The van der Waals surface area contributed by atoms with Crippen LogP contribution in [0, 0.1) is 4.91 Å². The van der Waals surface area contributed by atoms with Gasteiger partial charge in [0.25, 0.3) is 0 Å². The molecule has 1 N–H and O–H groups in total. The second-order valence-electron chi connectivity index (χ2n) is 3.96. The van der Waals surface area contributed by atoms with E-state index in [9.17, 15) is 4.91 Å². The lowest BCUT2D eigenvalue weighted by Gasteiger charge is -2.19. The maximum atomic E-state index is 10.4. The van der Waals surface area contributed by atoms with Gasteiger partial charge in [0.1, 0.15) is 5.69 Å². The molecule has 0 saturated heterocycles. The first-order valence-corrected chi connectivity index (χ1v) is 5.69. The van der Waals surface area contributed by atoms with Gasteiger partial charge in [-0.15, -0.1) is 4.91 Å². The highest BCUT2D eigenvalue weighted by atomic mass is 16.3. The predicted octanol–water partition coefficient (Wildman–Crippen LogP) is 3.89. The van der Waals surface area contributed by atoms with Crippen molar-refractivity contribution in [1.82, 2.24) is 0 Å². The molecular weight excluding hydrogens is 226 g/mol. The highest BCUT2D eigenvalue weighted by Crippen LogP contribution is 2.26. The molecule has 0 aromatic heterocycles. The fraction of sp³-hybridized carbons (Fsp3) is 0.143. The van der Waals surface area contributed by atoms with E-state index < -0.39 is 0 Å². The van der Waals surface area contributed by atoms with Gasteiger partial charge >= 0.3 is 0 Å². The van der Waals surface area contributed by atoms with Crippen molar-refractivity contribution in [3.05, 3.63) is 53.4 Å². The van der Waals surface area contributed by atoms with Crippen LogP contribution < -0.4 is 10.2 Å². The van der Waals surface area contributed by atoms with Gasteiger partial charge in [0.15, 0.2) is 0 Å². The Morgan fingerprint density at radius 1 is 0.944 bits per heavy atom. The molecule has 2 aromatic rings. The van der Waals surface area contributed by atoms with Gasteiger partial charge in [-0.05, 0) is 53.7 Å². The Labute approximate surface area is 106 Å². The number of benzene rings is 2. The summed E-state index contributed by atoms with van der Waals surface area (Å²) in [5.74, 6) is 0. The molecule has 2 rings (SSSR count). The van der Waals surface area contributed by atoms with E-state index in [0.717, 1.165) is 17.1 Å². The van der Waals surface area contributed by atoms with Gasteiger partial charge in [0, 0.05) is 31.2 Å². The molecule has 4 heteroatoms. The van der Waals surface area contributed by atoms with Crippen LogP contribution in [0.3, 0.4) is 0 Å². The Hall–Kier alpha value is -2.36. The number of nitroso groups, excluding NO2 is 1. The van der Waals surface area contributed by atoms with E-state index in [4.69, 9.17) is 0 Å². The predicted molar refractivity (Wildman–Crippen MR) is 75.9 cm³/mol. The molecule has 0 radical (unpaired) electrons. The van der Waals surface area contributed by atoms with Gasteiger partial charge in [-0.1, -0.05) is 0 Å². The number of nitrogens with one attached hydrogen (secondary N) is 1. The molecule has 0 heterocycles. The molecule has 0 aliphatic heterocycles. The van der Waals surface area contributed by atoms with Crippen molar-refractivity contribution < 1.29 is 0 Å². The largest absolute Gasteiger partial charge is 0.388 e. The molecule has 0 aliphatic carbocycles. The van der Waals surface area contributed by atoms with Crippen LogP contribution in [0.5, 0.6) is 0 Å². The zero-order chi connectivity index (χ0) is 13.0. The van der Waals surface area contributed by atoms with Crippen LogP contribution in [0.1, 0.15) is 0 Å². The topological polar surface area (TPSA) is 44.7 Å². The number of nitrogens with zero attached hydrogens (tertiary/aromatic N) is 2. The summed E-state index contributed by atoms with van der Waals surface area (Å²) in [6.07, 6.45) is 0. The molecule has 18 heavy (non-hydrogen) atoms. The van der Waals surface area contributed by atoms with Crippen LogP contribution in [-0.4, -0.2) is 14.1 Å². The Bertz CT molecular complexity index is 520. The van der Waals surface area contributed by atoms with Gasteiger partial charge in [-0.25, -0.2) is 0 Å². The monoisotopic (exact) mass is 241 g/mol. The standard InChI is InChI=1S/C14H15N3O/c1-15-11-3-7-13(8-4-11)17(2)14-9-5-12(16-18)6-10-14/h3-10,15H,1-2H3. The molecule has 92 valence electrons. The Morgan fingerprint density at radius 2 is 1.44 bits per heavy atom. The molecule has 0 unspecified atom stereocenters. The normalized spacial score (nSPS) is 9.89. The van der Waals surface area contributed by atoms with Gasteiger partial charge in [0.05, 0.1) is 0 Å². The first-order chi connectivity index (χ1) is 8.74. The minimum atomic E-state index is 0.442. The van der Waals surface area contributed by atoms with E-state index in [1.165, 1.54) is 0 Å². The smallest absolute Gasteiger partial charge is 0.108 e. The summed E-state index contributed by atoms with van der Waals surface area (Å²) in [5, 5.41) is 5.97. The van der Waals surface area contributed by atoms with Crippen molar-refractivity contribution in [2.24, 2.45) is 5.18 Å². The van der Waals surface area contributed by atoms with Crippen LogP contribution in [-0.2, 0) is 0 Å². The van der Waals surface area contributed by atoms with Gasteiger partial charge in [-0.2, -0.15) is 0 Å². The molecule has 0 aliphatic rings. The summed E-state index contributed by atoms with van der Waals surface area (Å²) < 4.78 is 0. The van der Waals surface area contributed by atoms with E-state index in [-0.39, 0.29) is 0 Å². The second kappa shape index (κ2) is 5.31.